The normalized spacial score (nSPS) is 18.8. The van der Waals surface area contributed by atoms with Crippen molar-refractivity contribution in [2.45, 2.75) is 54.3 Å². The molecule has 0 radical (unpaired) electrons. The van der Waals surface area contributed by atoms with Crippen molar-refractivity contribution in [3.8, 4) is 11.5 Å². The molecule has 1 aliphatic rings. The molecule has 1 aliphatic heterocycles. The maximum absolute atomic E-state index is 12.9. The molecule has 0 aliphatic carbocycles. The summed E-state index contributed by atoms with van der Waals surface area (Å²) >= 11 is 0. The Hall–Kier alpha value is -2.24. The monoisotopic (exact) mass is 348 g/mol. The highest BCUT2D eigenvalue weighted by Gasteiger charge is 2.48. The van der Waals surface area contributed by atoms with E-state index in [9.17, 15) is 9.59 Å². The Balaban J connectivity index is 2.55. The van der Waals surface area contributed by atoms with Crippen molar-refractivity contribution >= 4 is 17.5 Å². The van der Waals surface area contributed by atoms with E-state index in [-0.39, 0.29) is 17.2 Å². The molecule has 0 spiro atoms. The second kappa shape index (κ2) is 6.58. The summed E-state index contributed by atoms with van der Waals surface area (Å²) in [5.41, 5.74) is 0.608. The Bertz CT molecular complexity index is 689. The minimum atomic E-state index is -0.900. The zero-order valence-corrected chi connectivity index (χ0v) is 16.1. The van der Waals surface area contributed by atoms with Crippen molar-refractivity contribution < 1.29 is 19.1 Å². The zero-order chi connectivity index (χ0) is 19.0. The van der Waals surface area contributed by atoms with Crippen LogP contribution in [0.3, 0.4) is 0 Å². The van der Waals surface area contributed by atoms with E-state index in [4.69, 9.17) is 9.47 Å². The molecule has 0 saturated heterocycles. The lowest BCUT2D eigenvalue weighted by Gasteiger charge is -2.36. The molecule has 6 heteroatoms. The van der Waals surface area contributed by atoms with Crippen LogP contribution in [0.15, 0.2) is 12.1 Å². The Kier molecular flexibility index (Phi) is 5.02. The first-order valence-electron chi connectivity index (χ1n) is 8.65. The first kappa shape index (κ1) is 19.1. The Morgan fingerprint density at radius 3 is 2.24 bits per heavy atom. The van der Waals surface area contributed by atoms with Crippen LogP contribution in [-0.2, 0) is 4.79 Å². The standard InChI is InChI=1S/C19H28N2O4/c1-8-21(9-2)17(23)14-10-13(20-12(3)22)11-15-16(14)25-19(7,24-15)18(4,5)6/h10-11H,8-9H2,1-7H3,(H,20,22). The van der Waals surface area contributed by atoms with Gasteiger partial charge in [-0.2, -0.15) is 0 Å². The molecule has 1 N–H and O–H groups in total. The van der Waals surface area contributed by atoms with E-state index in [1.54, 1.807) is 17.0 Å². The third kappa shape index (κ3) is 3.57. The second-order valence-electron chi connectivity index (χ2n) is 7.41. The fourth-order valence-corrected chi connectivity index (χ4v) is 2.63. The van der Waals surface area contributed by atoms with Crippen LogP contribution < -0.4 is 14.8 Å². The van der Waals surface area contributed by atoms with Crippen LogP contribution in [0.4, 0.5) is 5.69 Å². The molecule has 0 saturated carbocycles. The van der Waals surface area contributed by atoms with E-state index in [1.165, 1.54) is 6.92 Å². The maximum Gasteiger partial charge on any atom is 0.257 e. The summed E-state index contributed by atoms with van der Waals surface area (Å²) in [4.78, 5) is 26.1. The molecule has 1 unspecified atom stereocenters. The molecule has 1 aromatic carbocycles. The number of hydrogen-bond donors (Lipinski definition) is 1. The number of benzene rings is 1. The third-order valence-electron chi connectivity index (χ3n) is 4.62. The molecule has 25 heavy (non-hydrogen) atoms. The minimum absolute atomic E-state index is 0.143. The average Bonchev–Trinajstić information content (AvgIpc) is 2.84. The highest BCUT2D eigenvalue weighted by Crippen LogP contribution is 2.49. The number of fused-ring (bicyclic) bond motifs is 1. The number of rotatable bonds is 4. The van der Waals surface area contributed by atoms with Gasteiger partial charge in [0.15, 0.2) is 11.5 Å². The average molecular weight is 348 g/mol. The minimum Gasteiger partial charge on any atom is -0.448 e. The molecule has 0 fully saturated rings. The molecule has 138 valence electrons. The van der Waals surface area contributed by atoms with Crippen LogP contribution in [-0.4, -0.2) is 35.6 Å². The van der Waals surface area contributed by atoms with Gasteiger partial charge in [0.2, 0.25) is 5.91 Å². The quantitative estimate of drug-likeness (QED) is 0.902. The Labute approximate surface area is 149 Å². The number of hydrogen-bond acceptors (Lipinski definition) is 4. The first-order chi connectivity index (χ1) is 11.5. The molecule has 6 nitrogen and oxygen atoms in total. The van der Waals surface area contributed by atoms with E-state index >= 15 is 0 Å². The predicted octanol–water partition coefficient (Wildman–Crippen LogP) is 3.66. The molecule has 0 bridgehead atoms. The lowest BCUT2D eigenvalue weighted by molar-refractivity contribution is -0.142. The van der Waals surface area contributed by atoms with Gasteiger partial charge in [0.05, 0.1) is 5.56 Å². The molecular formula is C19H28N2O4. The van der Waals surface area contributed by atoms with Crippen LogP contribution in [0, 0.1) is 5.41 Å². The van der Waals surface area contributed by atoms with Gasteiger partial charge in [0.25, 0.3) is 11.7 Å². The third-order valence-corrected chi connectivity index (χ3v) is 4.62. The summed E-state index contributed by atoms with van der Waals surface area (Å²) in [6.07, 6.45) is 0. The summed E-state index contributed by atoms with van der Waals surface area (Å²) in [5.74, 6) is -0.348. The highest BCUT2D eigenvalue weighted by molar-refractivity contribution is 6.00. The molecule has 1 atom stereocenters. The van der Waals surface area contributed by atoms with Gasteiger partial charge in [0.1, 0.15) is 0 Å². The topological polar surface area (TPSA) is 67.9 Å². The Morgan fingerprint density at radius 1 is 1.16 bits per heavy atom. The molecule has 1 heterocycles. The van der Waals surface area contributed by atoms with Crippen LogP contribution in [0.5, 0.6) is 11.5 Å². The molecule has 2 amide bonds. The van der Waals surface area contributed by atoms with Crippen LogP contribution in [0.25, 0.3) is 0 Å². The largest absolute Gasteiger partial charge is 0.448 e. The van der Waals surface area contributed by atoms with Gasteiger partial charge in [-0.3, -0.25) is 9.59 Å². The van der Waals surface area contributed by atoms with E-state index in [2.05, 4.69) is 5.32 Å². The predicted molar refractivity (Wildman–Crippen MR) is 97.1 cm³/mol. The van der Waals surface area contributed by atoms with Crippen LogP contribution in [0.1, 0.15) is 58.8 Å². The van der Waals surface area contributed by atoms with Crippen molar-refractivity contribution in [2.24, 2.45) is 5.41 Å². The number of anilines is 1. The van der Waals surface area contributed by atoms with Crippen LogP contribution >= 0.6 is 0 Å². The highest BCUT2D eigenvalue weighted by atomic mass is 16.7. The second-order valence-corrected chi connectivity index (χ2v) is 7.41. The van der Waals surface area contributed by atoms with E-state index < -0.39 is 5.79 Å². The van der Waals surface area contributed by atoms with Gasteiger partial charge in [-0.1, -0.05) is 20.8 Å². The van der Waals surface area contributed by atoms with Crippen molar-refractivity contribution in [3.63, 3.8) is 0 Å². The van der Waals surface area contributed by atoms with Gasteiger partial charge in [0, 0.05) is 44.1 Å². The number of ether oxygens (including phenoxy) is 2. The maximum atomic E-state index is 12.9. The lowest BCUT2D eigenvalue weighted by Crippen LogP contribution is -2.47. The van der Waals surface area contributed by atoms with Crippen molar-refractivity contribution in [1.29, 1.82) is 0 Å². The fourth-order valence-electron chi connectivity index (χ4n) is 2.63. The lowest BCUT2D eigenvalue weighted by atomic mass is 9.87. The van der Waals surface area contributed by atoms with Gasteiger partial charge in [-0.05, 0) is 19.9 Å². The number of nitrogens with zero attached hydrogens (tertiary/aromatic N) is 1. The van der Waals surface area contributed by atoms with E-state index in [0.29, 0.717) is 35.8 Å². The molecule has 2 rings (SSSR count). The molecular weight excluding hydrogens is 320 g/mol. The molecule has 1 aromatic rings. The van der Waals surface area contributed by atoms with E-state index in [0.717, 1.165) is 0 Å². The summed E-state index contributed by atoms with van der Waals surface area (Å²) in [5, 5.41) is 2.73. The van der Waals surface area contributed by atoms with Gasteiger partial charge in [-0.15, -0.1) is 0 Å². The van der Waals surface area contributed by atoms with E-state index in [1.807, 2.05) is 41.5 Å². The fraction of sp³-hybridized carbons (Fsp3) is 0.579. The summed E-state index contributed by atoms with van der Waals surface area (Å²) in [6.45, 7) is 14.4. The zero-order valence-electron chi connectivity index (χ0n) is 16.1. The van der Waals surface area contributed by atoms with Crippen molar-refractivity contribution in [3.05, 3.63) is 17.7 Å². The molecule has 0 aromatic heterocycles. The summed E-state index contributed by atoms with van der Waals surface area (Å²) in [6, 6.07) is 3.35. The van der Waals surface area contributed by atoms with Gasteiger partial charge in [-0.25, -0.2) is 0 Å². The van der Waals surface area contributed by atoms with Crippen LogP contribution in [0.2, 0.25) is 0 Å². The van der Waals surface area contributed by atoms with Gasteiger partial charge >= 0.3 is 0 Å². The summed E-state index contributed by atoms with van der Waals surface area (Å²) in [7, 11) is 0. The number of carbonyl (C=O) groups excluding carboxylic acids is 2. The van der Waals surface area contributed by atoms with Crippen molar-refractivity contribution in [1.82, 2.24) is 4.90 Å². The SMILES string of the molecule is CCN(CC)C(=O)c1cc(NC(C)=O)cc2c1OC(C)(C(C)(C)C)O2. The first-order valence-corrected chi connectivity index (χ1v) is 8.65. The Morgan fingerprint density at radius 2 is 1.76 bits per heavy atom. The summed E-state index contributed by atoms with van der Waals surface area (Å²) < 4.78 is 12.2. The van der Waals surface area contributed by atoms with Crippen molar-refractivity contribution in [2.75, 3.05) is 18.4 Å². The number of nitrogens with one attached hydrogen (secondary N) is 1. The number of carbonyl (C=O) groups is 2. The number of amides is 2. The smallest absolute Gasteiger partial charge is 0.257 e. The van der Waals surface area contributed by atoms with Gasteiger partial charge < -0.3 is 19.7 Å².